The molecule has 0 bridgehead atoms. The number of nitrogens with two attached hydrogens (primary N) is 1. The van der Waals surface area contributed by atoms with Gasteiger partial charge in [-0.2, -0.15) is 25.3 Å². The highest BCUT2D eigenvalue weighted by molar-refractivity contribution is 7.80. The highest BCUT2D eigenvalue weighted by atomic mass is 32.1. The molecule has 1 aromatic carbocycles. The number of rotatable bonds is 14. The van der Waals surface area contributed by atoms with Crippen molar-refractivity contribution >= 4 is 54.9 Å². The van der Waals surface area contributed by atoms with Crippen LogP contribution in [0.2, 0.25) is 0 Å². The van der Waals surface area contributed by atoms with Crippen molar-refractivity contribution < 1.29 is 39.3 Å². The molecule has 14 heteroatoms. The van der Waals surface area contributed by atoms with Crippen molar-refractivity contribution in [2.45, 2.75) is 43.4 Å². The number of aromatic hydroxyl groups is 1. The third kappa shape index (κ3) is 9.89. The summed E-state index contributed by atoms with van der Waals surface area (Å²) in [4.78, 5) is 59.8. The molecule has 0 aliphatic carbocycles. The summed E-state index contributed by atoms with van der Waals surface area (Å²) in [5.41, 5.74) is 6.25. The van der Waals surface area contributed by atoms with Crippen LogP contribution in [-0.2, 0) is 30.4 Å². The number of carboxylic acid groups (broad SMARTS) is 2. The van der Waals surface area contributed by atoms with Crippen LogP contribution in [-0.4, -0.2) is 80.7 Å². The van der Waals surface area contributed by atoms with Crippen LogP contribution >= 0.6 is 25.3 Å². The van der Waals surface area contributed by atoms with E-state index in [-0.39, 0.29) is 30.1 Å². The van der Waals surface area contributed by atoms with Crippen LogP contribution < -0.4 is 21.7 Å². The fourth-order valence-corrected chi connectivity index (χ4v) is 3.13. The molecule has 0 saturated carbocycles. The summed E-state index contributed by atoms with van der Waals surface area (Å²) >= 11 is 7.98. The van der Waals surface area contributed by atoms with Gasteiger partial charge in [-0.1, -0.05) is 12.1 Å². The minimum absolute atomic E-state index is 0.00554. The predicted molar refractivity (Wildman–Crippen MR) is 128 cm³/mol. The topological polar surface area (TPSA) is 208 Å². The lowest BCUT2D eigenvalue weighted by atomic mass is 10.0. The van der Waals surface area contributed by atoms with Gasteiger partial charge >= 0.3 is 11.9 Å². The van der Waals surface area contributed by atoms with Crippen molar-refractivity contribution in [3.05, 3.63) is 29.8 Å². The predicted octanol–water partition coefficient (Wildman–Crippen LogP) is -1.47. The molecule has 4 atom stereocenters. The molecule has 8 N–H and O–H groups in total. The molecule has 0 spiro atoms. The van der Waals surface area contributed by atoms with Crippen molar-refractivity contribution in [1.82, 2.24) is 16.0 Å². The van der Waals surface area contributed by atoms with E-state index in [0.717, 1.165) is 0 Å². The lowest BCUT2D eigenvalue weighted by Gasteiger charge is -2.24. The van der Waals surface area contributed by atoms with E-state index in [4.69, 9.17) is 10.8 Å². The Balaban J connectivity index is 2.97. The monoisotopic (exact) mass is 516 g/mol. The zero-order valence-electron chi connectivity index (χ0n) is 18.0. The second-order valence-corrected chi connectivity index (χ2v) is 8.03. The summed E-state index contributed by atoms with van der Waals surface area (Å²) in [7, 11) is 0. The number of carboxylic acids is 2. The van der Waals surface area contributed by atoms with Gasteiger partial charge in [-0.15, -0.1) is 0 Å². The smallest absolute Gasteiger partial charge is 0.326 e. The first-order chi connectivity index (χ1) is 16.0. The summed E-state index contributed by atoms with van der Waals surface area (Å²) in [6.45, 7) is 0. The molecule has 3 amide bonds. The number of aliphatic carboxylic acids is 2. The molecule has 0 aliphatic heterocycles. The Morgan fingerprint density at radius 2 is 1.35 bits per heavy atom. The van der Waals surface area contributed by atoms with Gasteiger partial charge in [-0.05, 0) is 24.1 Å². The van der Waals surface area contributed by atoms with E-state index in [9.17, 15) is 34.2 Å². The number of nitrogens with one attached hydrogen (secondary N) is 3. The lowest BCUT2D eigenvalue weighted by Crippen LogP contribution is -2.58. The molecule has 1 rings (SSSR count). The molecule has 188 valence electrons. The normalized spacial score (nSPS) is 14.2. The summed E-state index contributed by atoms with van der Waals surface area (Å²) in [5.74, 6) is -5.15. The van der Waals surface area contributed by atoms with Crippen LogP contribution in [0.1, 0.15) is 18.4 Å². The number of phenolic OH excluding ortho intramolecular Hbond substituents is 1. The molecular formula is C20H28N4O8S2. The second kappa shape index (κ2) is 14.3. The van der Waals surface area contributed by atoms with Gasteiger partial charge < -0.3 is 37.0 Å². The molecule has 1 aromatic rings. The highest BCUT2D eigenvalue weighted by Gasteiger charge is 2.30. The summed E-state index contributed by atoms with van der Waals surface area (Å²) in [6.07, 6.45) is -0.847. The maximum absolute atomic E-state index is 12.9. The summed E-state index contributed by atoms with van der Waals surface area (Å²) in [5, 5.41) is 34.5. The number of benzene rings is 1. The lowest BCUT2D eigenvalue weighted by molar-refractivity contribution is -0.143. The number of carbonyl (C=O) groups is 5. The third-order valence-electron chi connectivity index (χ3n) is 4.62. The van der Waals surface area contributed by atoms with Crippen molar-refractivity contribution in [2.75, 3.05) is 11.5 Å². The molecule has 0 radical (unpaired) electrons. The molecular weight excluding hydrogens is 488 g/mol. The Kier molecular flexibility index (Phi) is 12.2. The van der Waals surface area contributed by atoms with Gasteiger partial charge in [-0.3, -0.25) is 19.2 Å². The molecule has 0 fully saturated rings. The Bertz CT molecular complexity index is 884. The minimum Gasteiger partial charge on any atom is -0.508 e. The van der Waals surface area contributed by atoms with E-state index in [1.54, 1.807) is 12.1 Å². The molecule has 4 unspecified atom stereocenters. The maximum atomic E-state index is 12.9. The summed E-state index contributed by atoms with van der Waals surface area (Å²) < 4.78 is 0. The quantitative estimate of drug-likeness (QED) is 0.132. The fourth-order valence-electron chi connectivity index (χ4n) is 2.70. The number of phenols is 1. The highest BCUT2D eigenvalue weighted by Crippen LogP contribution is 2.12. The number of hydrogen-bond acceptors (Lipinski definition) is 9. The molecule has 0 heterocycles. The zero-order chi connectivity index (χ0) is 25.8. The van der Waals surface area contributed by atoms with Crippen LogP contribution in [0.25, 0.3) is 0 Å². The van der Waals surface area contributed by atoms with Crippen LogP contribution in [0.15, 0.2) is 24.3 Å². The Labute approximate surface area is 206 Å². The average Bonchev–Trinajstić information content (AvgIpc) is 2.79. The first-order valence-corrected chi connectivity index (χ1v) is 11.4. The van der Waals surface area contributed by atoms with Crippen molar-refractivity contribution in [1.29, 1.82) is 0 Å². The Morgan fingerprint density at radius 1 is 0.824 bits per heavy atom. The fraction of sp³-hybridized carbons (Fsp3) is 0.450. The third-order valence-corrected chi connectivity index (χ3v) is 5.38. The Hall–Kier alpha value is -2.97. The van der Waals surface area contributed by atoms with Crippen LogP contribution in [0.4, 0.5) is 0 Å². The van der Waals surface area contributed by atoms with Gasteiger partial charge in [0.05, 0.1) is 6.04 Å². The molecule has 0 aromatic heterocycles. The van der Waals surface area contributed by atoms with Crippen molar-refractivity contribution in [3.8, 4) is 5.75 Å². The van der Waals surface area contributed by atoms with Gasteiger partial charge in [-0.25, -0.2) is 4.79 Å². The van der Waals surface area contributed by atoms with Crippen LogP contribution in [0, 0.1) is 0 Å². The first kappa shape index (κ1) is 29.1. The largest absolute Gasteiger partial charge is 0.508 e. The molecule has 0 aliphatic rings. The van der Waals surface area contributed by atoms with E-state index in [2.05, 4.69) is 41.2 Å². The van der Waals surface area contributed by atoms with E-state index in [1.807, 2.05) is 0 Å². The molecule has 0 saturated heterocycles. The van der Waals surface area contributed by atoms with E-state index in [0.29, 0.717) is 5.56 Å². The number of amides is 3. The van der Waals surface area contributed by atoms with Crippen LogP contribution in [0.5, 0.6) is 5.75 Å². The maximum Gasteiger partial charge on any atom is 0.326 e. The van der Waals surface area contributed by atoms with Crippen molar-refractivity contribution in [2.24, 2.45) is 5.73 Å². The standard InChI is InChI=1S/C20H28N4O8S2/c21-12(8-33)17(28)23-14(7-10-1-3-11(25)4-2-10)18(29)24-15(9-34)19(30)22-13(20(31)32)5-6-16(26)27/h1-4,12-15,25,33-34H,5-9,21H2,(H,22,30)(H,23,28)(H,24,29)(H,26,27)(H,31,32). The van der Waals surface area contributed by atoms with Gasteiger partial charge in [0.1, 0.15) is 23.9 Å². The van der Waals surface area contributed by atoms with Crippen molar-refractivity contribution in [3.63, 3.8) is 0 Å². The number of hydrogen-bond donors (Lipinski definition) is 9. The first-order valence-electron chi connectivity index (χ1n) is 10.1. The Morgan fingerprint density at radius 3 is 1.85 bits per heavy atom. The van der Waals surface area contributed by atoms with Gasteiger partial charge in [0.2, 0.25) is 17.7 Å². The minimum atomic E-state index is -1.48. The average molecular weight is 517 g/mol. The van der Waals surface area contributed by atoms with Gasteiger partial charge in [0, 0.05) is 24.3 Å². The number of thiol groups is 2. The SMILES string of the molecule is NC(CS)C(=O)NC(Cc1ccc(O)cc1)C(=O)NC(CS)C(=O)NC(CCC(=O)O)C(=O)O. The summed E-state index contributed by atoms with van der Waals surface area (Å²) in [6, 6.07) is 0.973. The molecule has 12 nitrogen and oxygen atoms in total. The van der Waals surface area contributed by atoms with E-state index in [1.165, 1.54) is 12.1 Å². The van der Waals surface area contributed by atoms with Crippen LogP contribution in [0.3, 0.4) is 0 Å². The van der Waals surface area contributed by atoms with E-state index < -0.39 is 60.2 Å². The molecule has 34 heavy (non-hydrogen) atoms. The van der Waals surface area contributed by atoms with E-state index >= 15 is 0 Å². The van der Waals surface area contributed by atoms with Gasteiger partial charge in [0.15, 0.2) is 0 Å². The zero-order valence-corrected chi connectivity index (χ0v) is 19.8. The number of carbonyl (C=O) groups excluding carboxylic acids is 3. The van der Waals surface area contributed by atoms with Gasteiger partial charge in [0.25, 0.3) is 0 Å². The second-order valence-electron chi connectivity index (χ2n) is 7.30.